The normalized spacial score (nSPS) is 12.4. The van der Waals surface area contributed by atoms with Crippen LogP contribution in [0.2, 0.25) is 0 Å². The van der Waals surface area contributed by atoms with Gasteiger partial charge in [0.05, 0.1) is 17.4 Å². The molecule has 1 rings (SSSR count). The van der Waals surface area contributed by atoms with Gasteiger partial charge in [0, 0.05) is 12.7 Å². The van der Waals surface area contributed by atoms with Crippen molar-refractivity contribution < 1.29 is 15.0 Å². The molecule has 1 atom stereocenters. The summed E-state index contributed by atoms with van der Waals surface area (Å²) in [5.74, 6) is -0.969. The van der Waals surface area contributed by atoms with Crippen molar-refractivity contribution in [3.8, 4) is 0 Å². The van der Waals surface area contributed by atoms with Crippen LogP contribution in [0, 0.1) is 0 Å². The Hall–Kier alpha value is -1.46. The van der Waals surface area contributed by atoms with Gasteiger partial charge in [-0.1, -0.05) is 6.92 Å². The van der Waals surface area contributed by atoms with Crippen molar-refractivity contribution >= 4 is 5.97 Å². The minimum absolute atomic E-state index is 0.190. The molecule has 0 aliphatic carbocycles. The van der Waals surface area contributed by atoms with Crippen molar-refractivity contribution in [1.82, 2.24) is 10.3 Å². The first-order valence-electron chi connectivity index (χ1n) is 5.70. The van der Waals surface area contributed by atoms with Crippen LogP contribution in [0.3, 0.4) is 0 Å². The lowest BCUT2D eigenvalue weighted by Crippen LogP contribution is -2.20. The third kappa shape index (κ3) is 4.93. The van der Waals surface area contributed by atoms with E-state index in [1.807, 2.05) is 6.92 Å². The zero-order valence-corrected chi connectivity index (χ0v) is 9.89. The zero-order valence-electron chi connectivity index (χ0n) is 9.89. The van der Waals surface area contributed by atoms with E-state index in [1.165, 1.54) is 12.3 Å². The van der Waals surface area contributed by atoms with Gasteiger partial charge < -0.3 is 15.5 Å². The third-order valence-corrected chi connectivity index (χ3v) is 2.50. The molecule has 1 heterocycles. The highest BCUT2D eigenvalue weighted by atomic mass is 16.4. The van der Waals surface area contributed by atoms with E-state index in [1.54, 1.807) is 6.07 Å². The van der Waals surface area contributed by atoms with Crippen LogP contribution in [0.25, 0.3) is 0 Å². The second kappa shape index (κ2) is 6.98. The number of nitrogens with one attached hydrogen (secondary N) is 1. The van der Waals surface area contributed by atoms with Crippen LogP contribution in [0.5, 0.6) is 0 Å². The maximum Gasteiger partial charge on any atom is 0.337 e. The standard InChI is InChI=1S/C12H18N2O3/c1-2-11(15)5-6-13-8-10-4-3-9(7-14-10)12(16)17/h3-4,7,11,13,15H,2,5-6,8H2,1H3,(H,16,17). The average Bonchev–Trinajstić information content (AvgIpc) is 2.34. The van der Waals surface area contributed by atoms with Crippen LogP contribution in [0.4, 0.5) is 0 Å². The van der Waals surface area contributed by atoms with Gasteiger partial charge in [0.15, 0.2) is 0 Å². The molecule has 0 spiro atoms. The predicted molar refractivity (Wildman–Crippen MR) is 63.8 cm³/mol. The summed E-state index contributed by atoms with van der Waals surface area (Å²) in [5.41, 5.74) is 0.983. The van der Waals surface area contributed by atoms with Crippen LogP contribution in [-0.4, -0.2) is 33.8 Å². The predicted octanol–water partition coefficient (Wildman–Crippen LogP) is 1.03. The van der Waals surface area contributed by atoms with Gasteiger partial charge in [-0.2, -0.15) is 0 Å². The molecule has 0 aliphatic heterocycles. The Morgan fingerprint density at radius 3 is 2.82 bits per heavy atom. The zero-order chi connectivity index (χ0) is 12.7. The second-order valence-electron chi connectivity index (χ2n) is 3.87. The number of carbonyl (C=O) groups is 1. The molecule has 5 nitrogen and oxygen atoms in total. The summed E-state index contributed by atoms with van der Waals surface area (Å²) >= 11 is 0. The molecule has 0 fully saturated rings. The minimum Gasteiger partial charge on any atom is -0.478 e. The largest absolute Gasteiger partial charge is 0.478 e. The van der Waals surface area contributed by atoms with E-state index in [2.05, 4.69) is 10.3 Å². The molecule has 0 aliphatic rings. The lowest BCUT2D eigenvalue weighted by Gasteiger charge is -2.08. The average molecular weight is 238 g/mol. The molecule has 3 N–H and O–H groups in total. The molecule has 0 saturated carbocycles. The van der Waals surface area contributed by atoms with Crippen molar-refractivity contribution in [3.63, 3.8) is 0 Å². The Labute approximate surface area is 101 Å². The number of hydrogen-bond acceptors (Lipinski definition) is 4. The van der Waals surface area contributed by atoms with Gasteiger partial charge in [-0.3, -0.25) is 4.98 Å². The van der Waals surface area contributed by atoms with Crippen LogP contribution >= 0.6 is 0 Å². The van der Waals surface area contributed by atoms with Gasteiger partial charge in [-0.15, -0.1) is 0 Å². The molecule has 0 aromatic carbocycles. The van der Waals surface area contributed by atoms with Crippen LogP contribution < -0.4 is 5.32 Å². The molecule has 17 heavy (non-hydrogen) atoms. The number of hydrogen-bond donors (Lipinski definition) is 3. The molecule has 1 unspecified atom stereocenters. The summed E-state index contributed by atoms with van der Waals surface area (Å²) in [5, 5.41) is 21.2. The van der Waals surface area contributed by atoms with Crippen LogP contribution in [0.1, 0.15) is 35.8 Å². The molecule has 1 aromatic rings. The SMILES string of the molecule is CCC(O)CCNCc1ccc(C(=O)O)cn1. The summed E-state index contributed by atoms with van der Waals surface area (Å²) in [6, 6.07) is 3.22. The van der Waals surface area contributed by atoms with Crippen LogP contribution in [-0.2, 0) is 6.54 Å². The summed E-state index contributed by atoms with van der Waals surface area (Å²) in [6.07, 6.45) is 2.56. The number of carboxylic acids is 1. The minimum atomic E-state index is -0.969. The van der Waals surface area contributed by atoms with E-state index in [9.17, 15) is 9.90 Å². The summed E-state index contributed by atoms with van der Waals surface area (Å²) in [7, 11) is 0. The maximum absolute atomic E-state index is 10.6. The fourth-order valence-electron chi connectivity index (χ4n) is 1.34. The second-order valence-corrected chi connectivity index (χ2v) is 3.87. The van der Waals surface area contributed by atoms with E-state index < -0.39 is 5.97 Å². The molecule has 0 amide bonds. The monoisotopic (exact) mass is 238 g/mol. The lowest BCUT2D eigenvalue weighted by molar-refractivity contribution is 0.0696. The van der Waals surface area contributed by atoms with Crippen molar-refractivity contribution in [1.29, 1.82) is 0 Å². The first-order chi connectivity index (χ1) is 8.13. The molecule has 0 radical (unpaired) electrons. The Bertz CT molecular complexity index is 351. The number of aromatic carboxylic acids is 1. The van der Waals surface area contributed by atoms with E-state index in [0.717, 1.165) is 18.7 Å². The smallest absolute Gasteiger partial charge is 0.337 e. The van der Waals surface area contributed by atoms with Gasteiger partial charge in [0.1, 0.15) is 0 Å². The summed E-state index contributed by atoms with van der Waals surface area (Å²) in [4.78, 5) is 14.6. The van der Waals surface area contributed by atoms with Crippen molar-refractivity contribution in [2.75, 3.05) is 6.54 Å². The highest BCUT2D eigenvalue weighted by molar-refractivity contribution is 5.87. The van der Waals surface area contributed by atoms with E-state index in [-0.39, 0.29) is 11.7 Å². The molecule has 5 heteroatoms. The molecule has 94 valence electrons. The lowest BCUT2D eigenvalue weighted by atomic mass is 10.2. The first kappa shape index (κ1) is 13.6. The van der Waals surface area contributed by atoms with Crippen molar-refractivity contribution in [3.05, 3.63) is 29.6 Å². The quantitative estimate of drug-likeness (QED) is 0.618. The number of rotatable bonds is 7. The number of aliphatic hydroxyl groups excluding tert-OH is 1. The van der Waals surface area contributed by atoms with Gasteiger partial charge in [0.25, 0.3) is 0 Å². The number of pyridine rings is 1. The highest BCUT2D eigenvalue weighted by Crippen LogP contribution is 2.00. The first-order valence-corrected chi connectivity index (χ1v) is 5.70. The van der Waals surface area contributed by atoms with E-state index >= 15 is 0 Å². The third-order valence-electron chi connectivity index (χ3n) is 2.50. The van der Waals surface area contributed by atoms with Crippen molar-refractivity contribution in [2.45, 2.75) is 32.4 Å². The summed E-state index contributed by atoms with van der Waals surface area (Å²) < 4.78 is 0. The number of carboxylic acid groups (broad SMARTS) is 1. The fraction of sp³-hybridized carbons (Fsp3) is 0.500. The number of nitrogens with zero attached hydrogens (tertiary/aromatic N) is 1. The highest BCUT2D eigenvalue weighted by Gasteiger charge is 2.03. The Kier molecular flexibility index (Phi) is 5.59. The topological polar surface area (TPSA) is 82.5 Å². The summed E-state index contributed by atoms with van der Waals surface area (Å²) in [6.45, 7) is 3.24. The van der Waals surface area contributed by atoms with Gasteiger partial charge in [0.2, 0.25) is 0 Å². The van der Waals surface area contributed by atoms with E-state index in [4.69, 9.17) is 5.11 Å². The fourth-order valence-corrected chi connectivity index (χ4v) is 1.34. The van der Waals surface area contributed by atoms with Gasteiger partial charge in [-0.25, -0.2) is 4.79 Å². The maximum atomic E-state index is 10.6. The van der Waals surface area contributed by atoms with Crippen molar-refractivity contribution in [2.24, 2.45) is 0 Å². The van der Waals surface area contributed by atoms with E-state index in [0.29, 0.717) is 13.0 Å². The molecule has 1 aromatic heterocycles. The van der Waals surface area contributed by atoms with Crippen LogP contribution in [0.15, 0.2) is 18.3 Å². The molecule has 0 bridgehead atoms. The molecular weight excluding hydrogens is 220 g/mol. The van der Waals surface area contributed by atoms with Gasteiger partial charge >= 0.3 is 5.97 Å². The Balaban J connectivity index is 2.30. The van der Waals surface area contributed by atoms with Gasteiger partial charge in [-0.05, 0) is 31.5 Å². The number of aliphatic hydroxyl groups is 1. The Morgan fingerprint density at radius 1 is 1.53 bits per heavy atom. The molecule has 0 saturated heterocycles. The molecular formula is C12H18N2O3. The Morgan fingerprint density at radius 2 is 2.29 bits per heavy atom. The number of aromatic nitrogens is 1.